The van der Waals surface area contributed by atoms with Crippen molar-refractivity contribution in [3.63, 3.8) is 0 Å². The van der Waals surface area contributed by atoms with E-state index >= 15 is 0 Å². The van der Waals surface area contributed by atoms with Crippen LogP contribution >= 0.6 is 11.6 Å². The minimum Gasteiger partial charge on any atom is -0.449 e. The Hall–Kier alpha value is -3.41. The van der Waals surface area contributed by atoms with Gasteiger partial charge in [-0.2, -0.15) is 5.26 Å². The van der Waals surface area contributed by atoms with Crippen molar-refractivity contribution in [3.05, 3.63) is 85.9 Å². The molecular weight excluding hydrogens is 418 g/mol. The first-order valence-corrected chi connectivity index (χ1v) is 10.1. The van der Waals surface area contributed by atoms with Gasteiger partial charge in [0, 0.05) is 49.8 Å². The van der Waals surface area contributed by atoms with E-state index < -0.39 is 0 Å². The summed E-state index contributed by atoms with van der Waals surface area (Å²) in [6.07, 6.45) is 3.38. The molecule has 2 aromatic heterocycles. The molecule has 0 saturated carbocycles. The first-order chi connectivity index (χ1) is 14.9. The summed E-state index contributed by atoms with van der Waals surface area (Å²) >= 11 is 6.03. The number of amides is 1. The number of nitrogens with two attached hydrogens (primary N) is 1. The fourth-order valence-electron chi connectivity index (χ4n) is 3.21. The van der Waals surface area contributed by atoms with Gasteiger partial charge < -0.3 is 20.0 Å². The van der Waals surface area contributed by atoms with E-state index in [4.69, 9.17) is 21.8 Å². The Labute approximate surface area is 184 Å². The van der Waals surface area contributed by atoms with E-state index in [0.717, 1.165) is 16.8 Å². The van der Waals surface area contributed by atoms with Crippen LogP contribution < -0.4 is 16.6 Å². The van der Waals surface area contributed by atoms with Gasteiger partial charge in [0.2, 0.25) is 5.91 Å². The lowest BCUT2D eigenvalue weighted by atomic mass is 10.1. The Morgan fingerprint density at radius 1 is 1.35 bits per heavy atom. The number of rotatable bonds is 8. The highest BCUT2D eigenvalue weighted by molar-refractivity contribution is 6.30. The third-order valence-electron chi connectivity index (χ3n) is 4.86. The zero-order valence-electron chi connectivity index (χ0n) is 17.0. The highest BCUT2D eigenvalue weighted by Crippen LogP contribution is 2.16. The molecular formula is C22H22ClN5O3. The Balaban J connectivity index is 1.72. The van der Waals surface area contributed by atoms with Crippen LogP contribution in [0.25, 0.3) is 0 Å². The topological polar surface area (TPSA) is 127 Å². The summed E-state index contributed by atoms with van der Waals surface area (Å²) < 4.78 is 6.64. The minimum atomic E-state index is -0.375. The molecule has 0 fully saturated rings. The van der Waals surface area contributed by atoms with Crippen LogP contribution in [0.2, 0.25) is 5.02 Å². The van der Waals surface area contributed by atoms with Crippen LogP contribution in [0, 0.1) is 18.3 Å². The van der Waals surface area contributed by atoms with Gasteiger partial charge in [-0.15, -0.1) is 0 Å². The molecule has 3 aromatic rings. The molecule has 0 saturated heterocycles. The zero-order valence-corrected chi connectivity index (χ0v) is 17.8. The molecule has 160 valence electrons. The first kappa shape index (κ1) is 22.3. The molecule has 0 bridgehead atoms. The molecule has 8 nitrogen and oxygen atoms in total. The smallest absolute Gasteiger partial charge is 0.255 e. The average Bonchev–Trinajstić information content (AvgIpc) is 3.18. The minimum absolute atomic E-state index is 0.156. The molecule has 0 aliphatic carbocycles. The fraction of sp³-hybridized carbons (Fsp3) is 0.273. The van der Waals surface area contributed by atoms with Crippen molar-refractivity contribution in [2.75, 3.05) is 0 Å². The zero-order chi connectivity index (χ0) is 22.4. The van der Waals surface area contributed by atoms with Gasteiger partial charge in [-0.1, -0.05) is 17.7 Å². The lowest BCUT2D eigenvalue weighted by molar-refractivity contribution is -0.120. The number of nitriles is 1. The van der Waals surface area contributed by atoms with Crippen LogP contribution in [-0.4, -0.2) is 15.5 Å². The number of oxazole rings is 1. The van der Waals surface area contributed by atoms with Crippen LogP contribution in [0.5, 0.6) is 0 Å². The van der Waals surface area contributed by atoms with Gasteiger partial charge in [0.05, 0.1) is 23.7 Å². The van der Waals surface area contributed by atoms with Gasteiger partial charge in [-0.05, 0) is 29.3 Å². The van der Waals surface area contributed by atoms with Crippen molar-refractivity contribution < 1.29 is 9.21 Å². The molecule has 0 radical (unpaired) electrons. The van der Waals surface area contributed by atoms with Gasteiger partial charge in [-0.25, -0.2) is 4.98 Å². The molecule has 0 aliphatic rings. The summed E-state index contributed by atoms with van der Waals surface area (Å²) in [5.41, 5.74) is 8.09. The third kappa shape index (κ3) is 5.60. The third-order valence-corrected chi connectivity index (χ3v) is 5.10. The number of hydrogen-bond donors (Lipinski definition) is 2. The predicted molar refractivity (Wildman–Crippen MR) is 115 cm³/mol. The van der Waals surface area contributed by atoms with Crippen LogP contribution in [0.4, 0.5) is 0 Å². The van der Waals surface area contributed by atoms with Crippen molar-refractivity contribution in [2.45, 2.75) is 39.4 Å². The maximum absolute atomic E-state index is 12.9. The summed E-state index contributed by atoms with van der Waals surface area (Å²) in [5.74, 6) is 0.179. The number of carbonyl (C=O) groups is 1. The maximum atomic E-state index is 12.9. The summed E-state index contributed by atoms with van der Waals surface area (Å²) in [4.78, 5) is 29.6. The van der Waals surface area contributed by atoms with Crippen molar-refractivity contribution in [2.24, 2.45) is 5.73 Å². The van der Waals surface area contributed by atoms with Gasteiger partial charge >= 0.3 is 0 Å². The van der Waals surface area contributed by atoms with E-state index in [2.05, 4.69) is 10.3 Å². The van der Waals surface area contributed by atoms with E-state index in [1.807, 2.05) is 12.1 Å². The van der Waals surface area contributed by atoms with E-state index in [-0.39, 0.29) is 35.6 Å². The Bertz CT molecular complexity index is 1190. The summed E-state index contributed by atoms with van der Waals surface area (Å²) in [7, 11) is 0. The molecule has 9 heteroatoms. The molecule has 31 heavy (non-hydrogen) atoms. The Morgan fingerprint density at radius 2 is 2.16 bits per heavy atom. The highest BCUT2D eigenvalue weighted by Gasteiger charge is 2.15. The molecule has 3 rings (SSSR count). The van der Waals surface area contributed by atoms with Crippen LogP contribution in [0.15, 0.2) is 45.9 Å². The first-order valence-electron chi connectivity index (χ1n) is 9.68. The number of benzene rings is 1. The molecule has 0 aliphatic heterocycles. The number of pyridine rings is 1. The molecule has 2 heterocycles. The predicted octanol–water partition coefficient (Wildman–Crippen LogP) is 2.23. The lowest BCUT2D eigenvalue weighted by Gasteiger charge is -2.12. The number of halogens is 1. The molecule has 0 spiro atoms. The summed E-state index contributed by atoms with van der Waals surface area (Å²) in [6, 6.07) is 8.82. The summed E-state index contributed by atoms with van der Waals surface area (Å²) in [5, 5.41) is 12.7. The molecule has 1 aromatic carbocycles. The molecule has 3 N–H and O–H groups in total. The van der Waals surface area contributed by atoms with E-state index in [9.17, 15) is 14.9 Å². The number of nitrogens with one attached hydrogen (secondary N) is 1. The highest BCUT2D eigenvalue weighted by atomic mass is 35.5. The van der Waals surface area contributed by atoms with E-state index in [0.29, 0.717) is 30.4 Å². The standard InChI is InChI=1S/C22H22ClN5O3/c1-14-27-19(13-31-14)5-7-28-6-4-16(11-25)20(22(28)30)9-21(29)26-12-17-8-18(23)3-2-15(17)10-24/h2-4,6,8,13H,5,7,9-10,12,24H2,1H3,(H,26,29). The van der Waals surface area contributed by atoms with Crippen LogP contribution in [0.3, 0.4) is 0 Å². The Kier molecular flexibility index (Phi) is 7.23. The number of aryl methyl sites for hydroxylation is 3. The van der Waals surface area contributed by atoms with Crippen LogP contribution in [-0.2, 0) is 37.3 Å². The maximum Gasteiger partial charge on any atom is 0.255 e. The number of carbonyl (C=O) groups excluding carboxylic acids is 1. The largest absolute Gasteiger partial charge is 0.449 e. The second kappa shape index (κ2) is 10.1. The van der Waals surface area contributed by atoms with Crippen molar-refractivity contribution in [1.82, 2.24) is 14.9 Å². The van der Waals surface area contributed by atoms with Gasteiger partial charge in [0.25, 0.3) is 5.56 Å². The molecule has 0 unspecified atom stereocenters. The lowest BCUT2D eigenvalue weighted by Crippen LogP contribution is -2.31. The normalized spacial score (nSPS) is 10.6. The monoisotopic (exact) mass is 439 g/mol. The number of hydrogen-bond acceptors (Lipinski definition) is 6. The second-order valence-electron chi connectivity index (χ2n) is 7.00. The summed E-state index contributed by atoms with van der Waals surface area (Å²) in [6.45, 7) is 2.64. The van der Waals surface area contributed by atoms with Crippen molar-refractivity contribution in [1.29, 1.82) is 5.26 Å². The average molecular weight is 440 g/mol. The fourth-order valence-corrected chi connectivity index (χ4v) is 3.40. The van der Waals surface area contributed by atoms with Crippen LogP contribution in [0.1, 0.15) is 33.8 Å². The van der Waals surface area contributed by atoms with E-state index in [1.54, 1.807) is 37.6 Å². The second-order valence-corrected chi connectivity index (χ2v) is 7.43. The van der Waals surface area contributed by atoms with Gasteiger partial charge in [0.15, 0.2) is 5.89 Å². The Morgan fingerprint density at radius 3 is 2.84 bits per heavy atom. The number of aromatic nitrogens is 2. The van der Waals surface area contributed by atoms with E-state index in [1.165, 1.54) is 4.57 Å². The molecule has 1 amide bonds. The van der Waals surface area contributed by atoms with Crippen molar-refractivity contribution in [3.8, 4) is 6.07 Å². The number of nitrogens with zero attached hydrogens (tertiary/aromatic N) is 3. The quantitative estimate of drug-likeness (QED) is 0.554. The molecule has 0 atom stereocenters. The van der Waals surface area contributed by atoms with Gasteiger partial charge in [0.1, 0.15) is 6.26 Å². The SMILES string of the molecule is Cc1nc(CCn2ccc(C#N)c(CC(=O)NCc3cc(Cl)ccc3CN)c2=O)co1. The van der Waals surface area contributed by atoms with Crippen molar-refractivity contribution >= 4 is 17.5 Å². The van der Waals surface area contributed by atoms with Gasteiger partial charge in [-0.3, -0.25) is 9.59 Å².